The van der Waals surface area contributed by atoms with Crippen molar-refractivity contribution in [2.24, 2.45) is 0 Å². The highest BCUT2D eigenvalue weighted by atomic mass is 19.4. The van der Waals surface area contributed by atoms with Gasteiger partial charge in [0.2, 0.25) is 0 Å². The molecule has 0 radical (unpaired) electrons. The molecule has 0 aliphatic heterocycles. The third-order valence-electron chi connectivity index (χ3n) is 3.31. The summed E-state index contributed by atoms with van der Waals surface area (Å²) < 4.78 is 38.6. The molecule has 112 valence electrons. The van der Waals surface area contributed by atoms with E-state index in [1.165, 1.54) is 19.2 Å². The monoisotopic (exact) mass is 294 g/mol. The van der Waals surface area contributed by atoms with Crippen LogP contribution in [0.25, 0.3) is 0 Å². The van der Waals surface area contributed by atoms with Crippen LogP contribution in [0.2, 0.25) is 0 Å². The lowest BCUT2D eigenvalue weighted by molar-refractivity contribution is -0.138. The van der Waals surface area contributed by atoms with E-state index in [-0.39, 0.29) is 5.69 Å². The zero-order chi connectivity index (χ0) is 15.6. The normalized spacial score (nSPS) is 11.5. The van der Waals surface area contributed by atoms with Crippen LogP contribution in [0, 0.1) is 6.92 Å². The first-order valence-corrected chi connectivity index (χ1v) is 6.56. The second-order valence-corrected chi connectivity index (χ2v) is 5.21. The second-order valence-electron chi connectivity index (χ2n) is 5.21. The maximum Gasteiger partial charge on any atom is 0.418 e. The lowest BCUT2D eigenvalue weighted by Gasteiger charge is -2.13. The van der Waals surface area contributed by atoms with Crippen LogP contribution in [-0.2, 0) is 12.6 Å². The molecule has 5 heteroatoms. The summed E-state index contributed by atoms with van der Waals surface area (Å²) in [5.74, 6) is 0. The zero-order valence-corrected chi connectivity index (χ0v) is 12.2. The number of alkyl halides is 3. The summed E-state index contributed by atoms with van der Waals surface area (Å²) in [7, 11) is 3.88. The van der Waals surface area contributed by atoms with Crippen molar-refractivity contribution in [1.29, 1.82) is 0 Å². The van der Waals surface area contributed by atoms with Crippen LogP contribution in [0.5, 0.6) is 0 Å². The number of benzene rings is 1. The van der Waals surface area contributed by atoms with Crippen molar-refractivity contribution in [3.05, 3.63) is 58.9 Å². The molecule has 2 nitrogen and oxygen atoms in total. The fourth-order valence-electron chi connectivity index (χ4n) is 2.11. The van der Waals surface area contributed by atoms with Crippen molar-refractivity contribution >= 4 is 5.69 Å². The molecular formula is C16H17F3N2. The Morgan fingerprint density at radius 2 is 1.67 bits per heavy atom. The highest BCUT2D eigenvalue weighted by molar-refractivity contribution is 5.46. The first-order valence-electron chi connectivity index (χ1n) is 6.56. The SMILES string of the molecule is Cc1ncc(Cc2ccc(N(C)C)cc2)cc1C(F)(F)F. The topological polar surface area (TPSA) is 16.1 Å². The molecule has 0 unspecified atom stereocenters. The molecule has 0 fully saturated rings. The Hall–Kier alpha value is -2.04. The van der Waals surface area contributed by atoms with Gasteiger partial charge in [-0.05, 0) is 42.7 Å². The highest BCUT2D eigenvalue weighted by Gasteiger charge is 2.33. The molecule has 1 aromatic carbocycles. The standard InChI is InChI=1S/C16H17F3N2/c1-11-15(16(17,18)19)9-13(10-20-11)8-12-4-6-14(7-5-12)21(2)3/h4-7,9-10H,8H2,1-3H3. The Labute approximate surface area is 122 Å². The van der Waals surface area contributed by atoms with Crippen LogP contribution < -0.4 is 4.90 Å². The molecule has 0 amide bonds. The molecular weight excluding hydrogens is 277 g/mol. The summed E-state index contributed by atoms with van der Waals surface area (Å²) in [6.07, 6.45) is -2.42. The summed E-state index contributed by atoms with van der Waals surface area (Å²) in [4.78, 5) is 5.83. The molecule has 0 bridgehead atoms. The fourth-order valence-corrected chi connectivity index (χ4v) is 2.11. The van der Waals surface area contributed by atoms with Gasteiger partial charge in [0.25, 0.3) is 0 Å². The molecule has 0 saturated carbocycles. The first kappa shape index (κ1) is 15.4. The van der Waals surface area contributed by atoms with Gasteiger partial charge in [0.05, 0.1) is 5.56 Å². The number of aromatic nitrogens is 1. The third-order valence-corrected chi connectivity index (χ3v) is 3.31. The molecule has 1 heterocycles. The largest absolute Gasteiger partial charge is 0.418 e. The lowest BCUT2D eigenvalue weighted by Crippen LogP contribution is -2.10. The van der Waals surface area contributed by atoms with Crippen LogP contribution in [0.15, 0.2) is 36.5 Å². The minimum absolute atomic E-state index is 0.00852. The number of halogens is 3. The minimum Gasteiger partial charge on any atom is -0.378 e. The van der Waals surface area contributed by atoms with Gasteiger partial charge in [-0.1, -0.05) is 12.1 Å². The van der Waals surface area contributed by atoms with Gasteiger partial charge >= 0.3 is 6.18 Å². The van der Waals surface area contributed by atoms with Crippen molar-refractivity contribution < 1.29 is 13.2 Å². The van der Waals surface area contributed by atoms with E-state index in [2.05, 4.69) is 4.98 Å². The molecule has 0 N–H and O–H groups in total. The number of pyridine rings is 1. The van der Waals surface area contributed by atoms with E-state index >= 15 is 0 Å². The van der Waals surface area contributed by atoms with Crippen LogP contribution >= 0.6 is 0 Å². The molecule has 0 aliphatic carbocycles. The Morgan fingerprint density at radius 3 is 2.19 bits per heavy atom. The van der Waals surface area contributed by atoms with Gasteiger partial charge in [-0.25, -0.2) is 0 Å². The van der Waals surface area contributed by atoms with Crippen LogP contribution in [0.3, 0.4) is 0 Å². The van der Waals surface area contributed by atoms with E-state index in [0.717, 1.165) is 11.3 Å². The number of aryl methyl sites for hydroxylation is 1. The zero-order valence-electron chi connectivity index (χ0n) is 12.2. The van der Waals surface area contributed by atoms with Gasteiger partial charge < -0.3 is 4.90 Å². The summed E-state index contributed by atoms with van der Waals surface area (Å²) in [5, 5.41) is 0. The molecule has 1 aromatic heterocycles. The van der Waals surface area contributed by atoms with Gasteiger partial charge in [-0.2, -0.15) is 13.2 Å². The van der Waals surface area contributed by atoms with Crippen LogP contribution in [-0.4, -0.2) is 19.1 Å². The average Bonchev–Trinajstić information content (AvgIpc) is 2.40. The number of rotatable bonds is 3. The maximum absolute atomic E-state index is 12.9. The van der Waals surface area contributed by atoms with Crippen LogP contribution in [0.1, 0.15) is 22.4 Å². The highest BCUT2D eigenvalue weighted by Crippen LogP contribution is 2.31. The van der Waals surface area contributed by atoms with Crippen molar-refractivity contribution in [3.63, 3.8) is 0 Å². The fraction of sp³-hybridized carbons (Fsp3) is 0.312. The van der Waals surface area contributed by atoms with Gasteiger partial charge in [-0.3, -0.25) is 4.98 Å². The van der Waals surface area contributed by atoms with Crippen LogP contribution in [0.4, 0.5) is 18.9 Å². The van der Waals surface area contributed by atoms with E-state index in [0.29, 0.717) is 12.0 Å². The Balaban J connectivity index is 2.24. The molecule has 0 spiro atoms. The van der Waals surface area contributed by atoms with Gasteiger partial charge in [0.15, 0.2) is 0 Å². The molecule has 0 aliphatic rings. The van der Waals surface area contributed by atoms with E-state index in [4.69, 9.17) is 0 Å². The maximum atomic E-state index is 12.9. The number of hydrogen-bond donors (Lipinski definition) is 0. The lowest BCUT2D eigenvalue weighted by atomic mass is 10.0. The average molecular weight is 294 g/mol. The van der Waals surface area contributed by atoms with Gasteiger partial charge in [0.1, 0.15) is 0 Å². The molecule has 21 heavy (non-hydrogen) atoms. The molecule has 0 atom stereocenters. The minimum atomic E-state index is -4.36. The summed E-state index contributed by atoms with van der Waals surface area (Å²) >= 11 is 0. The number of nitrogens with zero attached hydrogens (tertiary/aromatic N) is 2. The van der Waals surface area contributed by atoms with E-state index < -0.39 is 11.7 Å². The molecule has 0 saturated heterocycles. The quantitative estimate of drug-likeness (QED) is 0.848. The smallest absolute Gasteiger partial charge is 0.378 e. The first-order chi connectivity index (χ1) is 9.77. The van der Waals surface area contributed by atoms with Gasteiger partial charge in [0, 0.05) is 31.7 Å². The summed E-state index contributed by atoms with van der Waals surface area (Å²) in [6.45, 7) is 1.37. The Morgan fingerprint density at radius 1 is 1.05 bits per heavy atom. The Bertz CT molecular complexity index is 616. The second kappa shape index (κ2) is 5.76. The predicted molar refractivity (Wildman–Crippen MR) is 77.6 cm³/mol. The molecule has 2 aromatic rings. The predicted octanol–water partition coefficient (Wildman–Crippen LogP) is 4.07. The third kappa shape index (κ3) is 3.74. The van der Waals surface area contributed by atoms with Crippen molar-refractivity contribution in [2.45, 2.75) is 19.5 Å². The number of anilines is 1. The molecule has 2 rings (SSSR count). The van der Waals surface area contributed by atoms with E-state index in [1.807, 2.05) is 43.3 Å². The summed E-state index contributed by atoms with van der Waals surface area (Å²) in [6, 6.07) is 8.91. The van der Waals surface area contributed by atoms with Crippen molar-refractivity contribution in [1.82, 2.24) is 4.98 Å². The number of hydrogen-bond acceptors (Lipinski definition) is 2. The van der Waals surface area contributed by atoms with Crippen molar-refractivity contribution in [3.8, 4) is 0 Å². The van der Waals surface area contributed by atoms with Crippen molar-refractivity contribution in [2.75, 3.05) is 19.0 Å². The summed E-state index contributed by atoms with van der Waals surface area (Å²) in [5.41, 5.74) is 1.92. The Kier molecular flexibility index (Phi) is 4.21. The van der Waals surface area contributed by atoms with E-state index in [9.17, 15) is 13.2 Å². The van der Waals surface area contributed by atoms with Gasteiger partial charge in [-0.15, -0.1) is 0 Å². The van der Waals surface area contributed by atoms with E-state index in [1.54, 1.807) is 0 Å².